The molecule has 17 heavy (non-hydrogen) atoms. The summed E-state index contributed by atoms with van der Waals surface area (Å²) in [6.45, 7) is 0.386. The molecule has 1 aromatic rings. The van der Waals surface area contributed by atoms with Crippen molar-refractivity contribution in [2.45, 2.75) is 6.42 Å². The number of aromatic amines is 1. The van der Waals surface area contributed by atoms with Crippen molar-refractivity contribution in [3.05, 3.63) is 11.8 Å². The van der Waals surface area contributed by atoms with E-state index in [0.29, 0.717) is 18.8 Å². The fourth-order valence-corrected chi connectivity index (χ4v) is 1.79. The molecule has 1 unspecified atom stereocenters. The zero-order chi connectivity index (χ0) is 12.4. The van der Waals surface area contributed by atoms with Crippen LogP contribution in [0.15, 0.2) is 6.07 Å². The van der Waals surface area contributed by atoms with Crippen molar-refractivity contribution in [2.24, 2.45) is 5.92 Å². The molecule has 0 saturated carbocycles. The van der Waals surface area contributed by atoms with Crippen LogP contribution >= 0.6 is 0 Å². The Kier molecular flexibility index (Phi) is 3.10. The Morgan fingerprint density at radius 1 is 1.76 bits per heavy atom. The van der Waals surface area contributed by atoms with E-state index in [9.17, 15) is 9.59 Å². The van der Waals surface area contributed by atoms with Crippen LogP contribution < -0.4 is 4.90 Å². The minimum absolute atomic E-state index is 0.0312. The van der Waals surface area contributed by atoms with E-state index < -0.39 is 5.97 Å². The molecule has 1 fully saturated rings. The fourth-order valence-electron chi connectivity index (χ4n) is 1.79. The molecule has 0 spiro atoms. The van der Waals surface area contributed by atoms with E-state index in [1.54, 1.807) is 0 Å². The molecule has 1 aromatic heterocycles. The Balaban J connectivity index is 2.15. The lowest BCUT2D eigenvalue weighted by Crippen LogP contribution is -2.25. The second-order valence-corrected chi connectivity index (χ2v) is 3.89. The summed E-state index contributed by atoms with van der Waals surface area (Å²) in [6, 6.07) is 1.46. The van der Waals surface area contributed by atoms with Gasteiger partial charge in [0.2, 0.25) is 5.91 Å². The van der Waals surface area contributed by atoms with Crippen LogP contribution in [0.1, 0.15) is 16.9 Å². The third kappa shape index (κ3) is 2.14. The lowest BCUT2D eigenvalue weighted by molar-refractivity contribution is -0.117. The minimum Gasteiger partial charge on any atom is -0.464 e. The largest absolute Gasteiger partial charge is 0.464 e. The molecule has 1 atom stereocenters. The number of nitrogens with one attached hydrogen (secondary N) is 1. The van der Waals surface area contributed by atoms with Gasteiger partial charge < -0.3 is 9.84 Å². The van der Waals surface area contributed by atoms with Crippen molar-refractivity contribution < 1.29 is 19.4 Å². The summed E-state index contributed by atoms with van der Waals surface area (Å²) in [5.41, 5.74) is 0.197. The smallest absolute Gasteiger partial charge is 0.356 e. The van der Waals surface area contributed by atoms with Crippen molar-refractivity contribution in [1.82, 2.24) is 10.2 Å². The highest BCUT2D eigenvalue weighted by molar-refractivity contribution is 5.96. The molecule has 1 amide bonds. The van der Waals surface area contributed by atoms with Gasteiger partial charge in [-0.1, -0.05) is 0 Å². The standard InChI is InChI=1S/C10H13N3O4/c1-17-10(16)7-3-8(12-11-7)13-4-6(5-14)2-9(13)15/h3,6,14H,2,4-5H2,1H3,(H,11,12). The molecular formula is C10H13N3O4. The van der Waals surface area contributed by atoms with Gasteiger partial charge in [0, 0.05) is 31.6 Å². The van der Waals surface area contributed by atoms with Crippen LogP contribution in [0, 0.1) is 5.92 Å². The number of aromatic nitrogens is 2. The Labute approximate surface area is 97.4 Å². The average molecular weight is 239 g/mol. The molecule has 0 bridgehead atoms. The molecule has 2 rings (SSSR count). The predicted molar refractivity (Wildman–Crippen MR) is 57.5 cm³/mol. The average Bonchev–Trinajstić information content (AvgIpc) is 2.94. The molecule has 7 nitrogen and oxygen atoms in total. The Hall–Kier alpha value is -1.89. The quantitative estimate of drug-likeness (QED) is 0.696. The number of esters is 1. The van der Waals surface area contributed by atoms with Gasteiger partial charge in [-0.3, -0.25) is 14.8 Å². The number of methoxy groups -OCH3 is 1. The first-order valence-electron chi connectivity index (χ1n) is 5.20. The second kappa shape index (κ2) is 4.54. The first-order valence-corrected chi connectivity index (χ1v) is 5.20. The van der Waals surface area contributed by atoms with Gasteiger partial charge in [0.05, 0.1) is 7.11 Å². The van der Waals surface area contributed by atoms with Gasteiger partial charge in [-0.15, -0.1) is 0 Å². The molecule has 1 aliphatic heterocycles. The molecule has 0 aliphatic carbocycles. The topological polar surface area (TPSA) is 95.5 Å². The summed E-state index contributed by atoms with van der Waals surface area (Å²) >= 11 is 0. The molecule has 1 aliphatic rings. The van der Waals surface area contributed by atoms with Crippen LogP contribution in [0.5, 0.6) is 0 Å². The number of aliphatic hydroxyl groups is 1. The van der Waals surface area contributed by atoms with E-state index in [1.165, 1.54) is 18.1 Å². The third-order valence-corrected chi connectivity index (χ3v) is 2.71. The summed E-state index contributed by atoms with van der Waals surface area (Å²) in [5.74, 6) is -0.326. The number of aliphatic hydroxyl groups excluding tert-OH is 1. The highest BCUT2D eigenvalue weighted by Crippen LogP contribution is 2.23. The lowest BCUT2D eigenvalue weighted by atomic mass is 10.1. The second-order valence-electron chi connectivity index (χ2n) is 3.89. The molecule has 1 saturated heterocycles. The van der Waals surface area contributed by atoms with Crippen molar-refractivity contribution in [3.8, 4) is 0 Å². The Morgan fingerprint density at radius 2 is 2.53 bits per heavy atom. The lowest BCUT2D eigenvalue weighted by Gasteiger charge is -2.11. The Bertz CT molecular complexity index is 443. The number of ether oxygens (including phenoxy) is 1. The number of carbonyl (C=O) groups excluding carboxylic acids is 2. The van der Waals surface area contributed by atoms with Gasteiger partial charge in [0.25, 0.3) is 0 Å². The Morgan fingerprint density at radius 3 is 3.12 bits per heavy atom. The van der Waals surface area contributed by atoms with Gasteiger partial charge in [0.1, 0.15) is 5.69 Å². The monoisotopic (exact) mass is 239 g/mol. The summed E-state index contributed by atoms with van der Waals surface area (Å²) in [5, 5.41) is 15.4. The van der Waals surface area contributed by atoms with Crippen LogP contribution in [0.2, 0.25) is 0 Å². The van der Waals surface area contributed by atoms with Crippen molar-refractivity contribution in [2.75, 3.05) is 25.2 Å². The van der Waals surface area contributed by atoms with E-state index in [4.69, 9.17) is 5.11 Å². The van der Waals surface area contributed by atoms with Gasteiger partial charge in [-0.2, -0.15) is 5.10 Å². The van der Waals surface area contributed by atoms with E-state index in [-0.39, 0.29) is 24.1 Å². The predicted octanol–water partition coefficient (Wildman–Crippen LogP) is -0.459. The number of anilines is 1. The van der Waals surface area contributed by atoms with Gasteiger partial charge in [-0.25, -0.2) is 4.79 Å². The van der Waals surface area contributed by atoms with Crippen molar-refractivity contribution >= 4 is 17.7 Å². The number of rotatable bonds is 3. The van der Waals surface area contributed by atoms with Crippen LogP contribution in [0.3, 0.4) is 0 Å². The van der Waals surface area contributed by atoms with Crippen LogP contribution in [0.4, 0.5) is 5.82 Å². The number of H-pyrrole nitrogens is 1. The number of hydrogen-bond acceptors (Lipinski definition) is 5. The highest BCUT2D eigenvalue weighted by Gasteiger charge is 2.31. The van der Waals surface area contributed by atoms with Crippen LogP contribution in [0.25, 0.3) is 0 Å². The van der Waals surface area contributed by atoms with E-state index in [2.05, 4.69) is 14.9 Å². The summed E-state index contributed by atoms with van der Waals surface area (Å²) < 4.78 is 4.53. The molecule has 2 N–H and O–H groups in total. The molecular weight excluding hydrogens is 226 g/mol. The molecule has 92 valence electrons. The van der Waals surface area contributed by atoms with Gasteiger partial charge >= 0.3 is 5.97 Å². The summed E-state index contributed by atoms with van der Waals surface area (Å²) in [6.07, 6.45) is 0.302. The zero-order valence-corrected chi connectivity index (χ0v) is 9.34. The van der Waals surface area contributed by atoms with Gasteiger partial charge in [0.15, 0.2) is 5.82 Å². The first-order chi connectivity index (χ1) is 8.15. The number of nitrogens with zero attached hydrogens (tertiary/aromatic N) is 2. The van der Waals surface area contributed by atoms with E-state index in [0.717, 1.165) is 0 Å². The summed E-state index contributed by atoms with van der Waals surface area (Å²) in [7, 11) is 1.27. The maximum Gasteiger partial charge on any atom is 0.356 e. The zero-order valence-electron chi connectivity index (χ0n) is 9.34. The van der Waals surface area contributed by atoms with Crippen molar-refractivity contribution in [3.63, 3.8) is 0 Å². The maximum atomic E-state index is 11.6. The number of amides is 1. The van der Waals surface area contributed by atoms with Crippen molar-refractivity contribution in [1.29, 1.82) is 0 Å². The van der Waals surface area contributed by atoms with E-state index in [1.807, 2.05) is 0 Å². The normalized spacial score (nSPS) is 19.8. The first kappa shape index (κ1) is 11.6. The van der Waals surface area contributed by atoms with Gasteiger partial charge in [-0.05, 0) is 0 Å². The highest BCUT2D eigenvalue weighted by atomic mass is 16.5. The molecule has 0 radical (unpaired) electrons. The van der Waals surface area contributed by atoms with E-state index >= 15 is 0 Å². The molecule has 2 heterocycles. The molecule has 0 aromatic carbocycles. The maximum absolute atomic E-state index is 11.6. The fraction of sp³-hybridized carbons (Fsp3) is 0.500. The van der Waals surface area contributed by atoms with Crippen LogP contribution in [-0.2, 0) is 9.53 Å². The molecule has 7 heteroatoms. The third-order valence-electron chi connectivity index (χ3n) is 2.71. The number of carbonyl (C=O) groups is 2. The minimum atomic E-state index is -0.533. The summed E-state index contributed by atoms with van der Waals surface area (Å²) in [4.78, 5) is 24.3. The van der Waals surface area contributed by atoms with Crippen LogP contribution in [-0.4, -0.2) is 47.4 Å². The number of hydrogen-bond donors (Lipinski definition) is 2. The SMILES string of the molecule is COC(=O)c1cc(N2CC(CO)CC2=O)n[nH]1.